The molecule has 0 saturated heterocycles. The molecule has 1 aliphatic heterocycles. The average molecular weight is 336 g/mol. The lowest BCUT2D eigenvalue weighted by molar-refractivity contribution is 0.0513. The summed E-state index contributed by atoms with van der Waals surface area (Å²) in [5.74, 6) is -0.255. The second kappa shape index (κ2) is 5.94. The lowest BCUT2D eigenvalue weighted by Crippen LogP contribution is -2.22. The number of halogens is 2. The normalized spacial score (nSPS) is 17.6. The molecule has 0 fully saturated rings. The molecule has 0 saturated carbocycles. The number of hydrogen-bond donors (Lipinski definition) is 1. The molecule has 1 aliphatic rings. The highest BCUT2D eigenvalue weighted by molar-refractivity contribution is 9.10. The van der Waals surface area contributed by atoms with Gasteiger partial charge in [-0.1, -0.05) is 24.3 Å². The van der Waals surface area contributed by atoms with Crippen LogP contribution in [0.2, 0.25) is 0 Å². The highest BCUT2D eigenvalue weighted by Gasteiger charge is 2.19. The number of ether oxygens (including phenoxy) is 1. The average Bonchev–Trinajstić information content (AvgIpc) is 2.48. The van der Waals surface area contributed by atoms with Crippen molar-refractivity contribution in [2.45, 2.75) is 12.5 Å². The quantitative estimate of drug-likeness (QED) is 0.902. The first kappa shape index (κ1) is 13.6. The molecule has 2 nitrogen and oxygen atoms in total. The van der Waals surface area contributed by atoms with E-state index in [1.54, 1.807) is 12.1 Å². The van der Waals surface area contributed by atoms with Gasteiger partial charge in [0, 0.05) is 12.2 Å². The van der Waals surface area contributed by atoms with Crippen LogP contribution in [0.25, 0.3) is 0 Å². The van der Waals surface area contributed by atoms with Crippen LogP contribution in [0.15, 0.2) is 46.9 Å². The molecule has 2 aromatic rings. The van der Waals surface area contributed by atoms with Gasteiger partial charge in [-0.05, 0) is 51.7 Å². The zero-order valence-electron chi connectivity index (χ0n) is 10.9. The van der Waals surface area contributed by atoms with Crippen LogP contribution < -0.4 is 5.32 Å². The van der Waals surface area contributed by atoms with Crippen LogP contribution in [0.1, 0.15) is 17.2 Å². The fourth-order valence-corrected chi connectivity index (χ4v) is 2.84. The molecule has 0 radical (unpaired) electrons. The Kier molecular flexibility index (Phi) is 4.03. The first-order chi connectivity index (χ1) is 9.74. The maximum Gasteiger partial charge on any atom is 0.137 e. The van der Waals surface area contributed by atoms with E-state index in [1.807, 2.05) is 6.07 Å². The van der Waals surface area contributed by atoms with Gasteiger partial charge in [0.25, 0.3) is 0 Å². The summed E-state index contributed by atoms with van der Waals surface area (Å²) in [6.07, 6.45) is 1.01. The molecule has 0 spiro atoms. The fraction of sp³-hybridized carbons (Fsp3) is 0.250. The van der Waals surface area contributed by atoms with E-state index in [1.165, 1.54) is 17.2 Å². The molecule has 1 heterocycles. The van der Waals surface area contributed by atoms with E-state index in [2.05, 4.69) is 39.4 Å². The number of benzene rings is 2. The van der Waals surface area contributed by atoms with Gasteiger partial charge in [-0.2, -0.15) is 0 Å². The third-order valence-electron chi connectivity index (χ3n) is 3.50. The van der Waals surface area contributed by atoms with Crippen LogP contribution in [0, 0.1) is 5.82 Å². The van der Waals surface area contributed by atoms with E-state index >= 15 is 0 Å². The smallest absolute Gasteiger partial charge is 0.137 e. The van der Waals surface area contributed by atoms with Crippen LogP contribution in [-0.2, 0) is 11.2 Å². The summed E-state index contributed by atoms with van der Waals surface area (Å²) >= 11 is 3.19. The van der Waals surface area contributed by atoms with Gasteiger partial charge in [0.05, 0.1) is 17.2 Å². The summed E-state index contributed by atoms with van der Waals surface area (Å²) in [5, 5.41) is 3.30. The zero-order valence-corrected chi connectivity index (χ0v) is 12.5. The Hall–Kier alpha value is -1.39. The number of fused-ring (bicyclic) bond motifs is 1. The van der Waals surface area contributed by atoms with E-state index in [-0.39, 0.29) is 11.9 Å². The molecule has 1 unspecified atom stereocenters. The maximum atomic E-state index is 13.2. The van der Waals surface area contributed by atoms with Crippen molar-refractivity contribution < 1.29 is 9.13 Å². The Morgan fingerprint density at radius 3 is 2.95 bits per heavy atom. The summed E-state index contributed by atoms with van der Waals surface area (Å²) in [5.41, 5.74) is 3.48. The van der Waals surface area contributed by atoms with Gasteiger partial charge in [-0.3, -0.25) is 0 Å². The molecular weight excluding hydrogens is 321 g/mol. The maximum absolute atomic E-state index is 13.2. The molecule has 0 amide bonds. The Morgan fingerprint density at radius 2 is 2.10 bits per heavy atom. The Bertz CT molecular complexity index is 617. The third-order valence-corrected chi connectivity index (χ3v) is 4.11. The molecule has 2 aromatic carbocycles. The Balaban J connectivity index is 1.71. The van der Waals surface area contributed by atoms with E-state index < -0.39 is 0 Å². The number of rotatable bonds is 3. The van der Waals surface area contributed by atoms with Crippen molar-refractivity contribution in [3.05, 3.63) is 63.9 Å². The van der Waals surface area contributed by atoms with Gasteiger partial charge >= 0.3 is 0 Å². The molecule has 20 heavy (non-hydrogen) atoms. The first-order valence-corrected chi connectivity index (χ1v) is 7.41. The van der Waals surface area contributed by atoms with Crippen molar-refractivity contribution in [3.63, 3.8) is 0 Å². The van der Waals surface area contributed by atoms with E-state index in [0.29, 0.717) is 11.0 Å². The van der Waals surface area contributed by atoms with Crippen LogP contribution in [0.4, 0.5) is 10.1 Å². The highest BCUT2D eigenvalue weighted by Crippen LogP contribution is 2.27. The molecule has 0 aromatic heterocycles. The Labute approximate surface area is 126 Å². The molecule has 1 atom stereocenters. The van der Waals surface area contributed by atoms with E-state index in [4.69, 9.17) is 4.74 Å². The van der Waals surface area contributed by atoms with Crippen LogP contribution in [0.3, 0.4) is 0 Å². The molecule has 0 bridgehead atoms. The lowest BCUT2D eigenvalue weighted by Gasteiger charge is -2.26. The minimum absolute atomic E-state index is 0.0452. The molecule has 104 valence electrons. The first-order valence-electron chi connectivity index (χ1n) is 6.62. The van der Waals surface area contributed by atoms with Crippen molar-refractivity contribution in [1.29, 1.82) is 0 Å². The number of nitrogens with one attached hydrogen (secondary N) is 1. The van der Waals surface area contributed by atoms with Gasteiger partial charge in [-0.25, -0.2) is 4.39 Å². The van der Waals surface area contributed by atoms with Crippen molar-refractivity contribution in [2.75, 3.05) is 18.5 Å². The summed E-state index contributed by atoms with van der Waals surface area (Å²) < 4.78 is 19.5. The standard InChI is InChI=1S/C16H15BrFNO/c17-14-9-12(5-6-15(14)18)19-10-16-13-4-2-1-3-11(13)7-8-20-16/h1-6,9,16,19H,7-8,10H2. The van der Waals surface area contributed by atoms with Crippen LogP contribution in [-0.4, -0.2) is 13.2 Å². The predicted octanol–water partition coefficient (Wildman–Crippen LogP) is 4.31. The molecule has 0 aliphatic carbocycles. The Morgan fingerprint density at radius 1 is 1.25 bits per heavy atom. The SMILES string of the molecule is Fc1ccc(NCC2OCCc3ccccc32)cc1Br. The fourth-order valence-electron chi connectivity index (χ4n) is 2.46. The lowest BCUT2D eigenvalue weighted by atomic mass is 9.97. The summed E-state index contributed by atoms with van der Waals surface area (Å²) in [7, 11) is 0. The van der Waals surface area contributed by atoms with E-state index in [0.717, 1.165) is 18.7 Å². The third kappa shape index (κ3) is 2.86. The topological polar surface area (TPSA) is 21.3 Å². The van der Waals surface area contributed by atoms with Crippen LogP contribution in [0.5, 0.6) is 0 Å². The second-order valence-electron chi connectivity index (χ2n) is 4.82. The van der Waals surface area contributed by atoms with Gasteiger partial charge in [0.15, 0.2) is 0 Å². The number of hydrogen-bond acceptors (Lipinski definition) is 2. The summed E-state index contributed by atoms with van der Waals surface area (Å²) in [6.45, 7) is 1.42. The second-order valence-corrected chi connectivity index (χ2v) is 5.67. The largest absolute Gasteiger partial charge is 0.382 e. The molecule has 3 rings (SSSR count). The van der Waals surface area contributed by atoms with Gasteiger partial charge in [0.1, 0.15) is 5.82 Å². The number of anilines is 1. The minimum atomic E-state index is -0.255. The summed E-state index contributed by atoms with van der Waals surface area (Å²) in [6, 6.07) is 13.3. The van der Waals surface area contributed by atoms with Gasteiger partial charge in [0.2, 0.25) is 0 Å². The summed E-state index contributed by atoms with van der Waals surface area (Å²) in [4.78, 5) is 0. The van der Waals surface area contributed by atoms with Crippen molar-refractivity contribution in [1.82, 2.24) is 0 Å². The van der Waals surface area contributed by atoms with Crippen molar-refractivity contribution in [2.24, 2.45) is 0 Å². The van der Waals surface area contributed by atoms with Gasteiger partial charge in [-0.15, -0.1) is 0 Å². The van der Waals surface area contributed by atoms with Crippen LogP contribution >= 0.6 is 15.9 Å². The van der Waals surface area contributed by atoms with Gasteiger partial charge < -0.3 is 10.1 Å². The van der Waals surface area contributed by atoms with Crippen molar-refractivity contribution >= 4 is 21.6 Å². The highest BCUT2D eigenvalue weighted by atomic mass is 79.9. The van der Waals surface area contributed by atoms with E-state index in [9.17, 15) is 4.39 Å². The molecule has 1 N–H and O–H groups in total. The zero-order chi connectivity index (χ0) is 13.9. The van der Waals surface area contributed by atoms with Crippen molar-refractivity contribution in [3.8, 4) is 0 Å². The predicted molar refractivity (Wildman–Crippen MR) is 81.4 cm³/mol. The minimum Gasteiger partial charge on any atom is -0.382 e. The molecular formula is C16H15BrFNO. The molecule has 4 heteroatoms. The monoisotopic (exact) mass is 335 g/mol.